The van der Waals surface area contributed by atoms with E-state index in [1.807, 2.05) is 0 Å². The molecule has 1 atom stereocenters. The molecule has 2 heteroatoms. The highest BCUT2D eigenvalue weighted by Crippen LogP contribution is 2.26. The Labute approximate surface area is 174 Å². The molecule has 3 aromatic carbocycles. The summed E-state index contributed by atoms with van der Waals surface area (Å²) in [6.45, 7) is 4.37. The first-order valence-corrected chi connectivity index (χ1v) is 10.4. The zero-order valence-corrected chi connectivity index (χ0v) is 17.2. The second-order valence-corrected chi connectivity index (χ2v) is 7.84. The van der Waals surface area contributed by atoms with Crippen molar-refractivity contribution >= 4 is 17.1 Å². The third-order valence-corrected chi connectivity index (χ3v) is 5.32. The van der Waals surface area contributed by atoms with Crippen molar-refractivity contribution in [2.45, 2.75) is 26.7 Å². The van der Waals surface area contributed by atoms with E-state index in [9.17, 15) is 0 Å². The molecule has 2 N–H and O–H groups in total. The summed E-state index contributed by atoms with van der Waals surface area (Å²) in [7, 11) is 0. The molecule has 0 aromatic heterocycles. The van der Waals surface area contributed by atoms with Gasteiger partial charge in [0.2, 0.25) is 0 Å². The molecule has 29 heavy (non-hydrogen) atoms. The van der Waals surface area contributed by atoms with Crippen LogP contribution in [0.25, 0.3) is 11.1 Å². The number of rotatable bonds is 5. The smallest absolute Gasteiger partial charge is 0.0384 e. The lowest BCUT2D eigenvalue weighted by Crippen LogP contribution is -1.96. The maximum Gasteiger partial charge on any atom is 0.0384 e. The molecular formula is C27H28N2. The van der Waals surface area contributed by atoms with E-state index in [0.29, 0.717) is 5.92 Å². The molecule has 1 aliphatic rings. The summed E-state index contributed by atoms with van der Waals surface area (Å²) in [4.78, 5) is 0. The fraction of sp³-hybridized carbons (Fsp3) is 0.185. The molecule has 0 bridgehead atoms. The largest absolute Gasteiger partial charge is 0.356 e. The van der Waals surface area contributed by atoms with Gasteiger partial charge in [0.25, 0.3) is 0 Å². The summed E-state index contributed by atoms with van der Waals surface area (Å²) in [6.07, 6.45) is 9.11. The Kier molecular flexibility index (Phi) is 5.81. The van der Waals surface area contributed by atoms with Gasteiger partial charge in [-0.3, -0.25) is 0 Å². The second kappa shape index (κ2) is 8.83. The predicted molar refractivity (Wildman–Crippen MR) is 126 cm³/mol. The van der Waals surface area contributed by atoms with Gasteiger partial charge < -0.3 is 10.6 Å². The zero-order valence-electron chi connectivity index (χ0n) is 17.2. The van der Waals surface area contributed by atoms with Crippen molar-refractivity contribution in [3.63, 3.8) is 0 Å². The van der Waals surface area contributed by atoms with Crippen molar-refractivity contribution in [3.8, 4) is 11.1 Å². The van der Waals surface area contributed by atoms with Crippen LogP contribution in [-0.2, 0) is 0 Å². The van der Waals surface area contributed by atoms with Gasteiger partial charge in [-0.25, -0.2) is 0 Å². The average molecular weight is 381 g/mol. The van der Waals surface area contributed by atoms with Gasteiger partial charge in [-0.2, -0.15) is 0 Å². The van der Waals surface area contributed by atoms with Crippen molar-refractivity contribution in [2.75, 3.05) is 10.6 Å². The number of anilines is 3. The average Bonchev–Trinajstić information content (AvgIpc) is 2.95. The van der Waals surface area contributed by atoms with E-state index in [2.05, 4.69) is 116 Å². The van der Waals surface area contributed by atoms with Gasteiger partial charge in [-0.15, -0.1) is 0 Å². The molecule has 0 aliphatic heterocycles. The summed E-state index contributed by atoms with van der Waals surface area (Å²) in [5, 5.41) is 6.97. The Balaban J connectivity index is 1.41. The van der Waals surface area contributed by atoms with Crippen LogP contribution in [0.4, 0.5) is 17.1 Å². The molecule has 0 heterocycles. The fourth-order valence-electron chi connectivity index (χ4n) is 3.49. The van der Waals surface area contributed by atoms with Gasteiger partial charge in [-0.1, -0.05) is 61.0 Å². The summed E-state index contributed by atoms with van der Waals surface area (Å²) in [5.74, 6) is 0.649. The quantitative estimate of drug-likeness (QED) is 0.474. The molecule has 1 aliphatic carbocycles. The fourth-order valence-corrected chi connectivity index (χ4v) is 3.49. The molecule has 2 nitrogen and oxygen atoms in total. The predicted octanol–water partition coefficient (Wildman–Crippen LogP) is 7.69. The molecule has 0 spiro atoms. The minimum atomic E-state index is 0.649. The molecule has 0 radical (unpaired) electrons. The highest BCUT2D eigenvalue weighted by Gasteiger charge is 2.04. The van der Waals surface area contributed by atoms with Gasteiger partial charge in [0.15, 0.2) is 0 Å². The third kappa shape index (κ3) is 5.17. The van der Waals surface area contributed by atoms with E-state index in [-0.39, 0.29) is 0 Å². The van der Waals surface area contributed by atoms with Crippen LogP contribution in [0.15, 0.2) is 96.7 Å². The highest BCUT2D eigenvalue weighted by atomic mass is 14.9. The zero-order chi connectivity index (χ0) is 20.1. The van der Waals surface area contributed by atoms with Crippen LogP contribution < -0.4 is 10.6 Å². The second-order valence-electron chi connectivity index (χ2n) is 7.84. The molecule has 3 aromatic rings. The van der Waals surface area contributed by atoms with Crippen molar-refractivity contribution in [1.29, 1.82) is 0 Å². The molecule has 0 amide bonds. The molecular weight excluding hydrogens is 352 g/mol. The lowest BCUT2D eigenvalue weighted by molar-refractivity contribution is 0.662. The summed E-state index contributed by atoms with van der Waals surface area (Å²) in [5.41, 5.74) is 8.22. The monoisotopic (exact) mass is 380 g/mol. The molecule has 1 unspecified atom stereocenters. The maximum absolute atomic E-state index is 3.52. The Morgan fingerprint density at radius 2 is 1.21 bits per heavy atom. The van der Waals surface area contributed by atoms with E-state index in [1.54, 1.807) is 0 Å². The Bertz CT molecular complexity index is 994. The minimum Gasteiger partial charge on any atom is -0.356 e. The van der Waals surface area contributed by atoms with Gasteiger partial charge in [0, 0.05) is 22.8 Å². The van der Waals surface area contributed by atoms with Crippen molar-refractivity contribution in [3.05, 3.63) is 102 Å². The standard InChI is InChI=1S/C27H28N2/c1-20-4-3-5-24(13-6-20)28-26-16-9-22(10-17-26)23-11-18-27(19-12-23)29-25-14-7-21(2)8-15-25/h5-20,28-29H,3-4H2,1-2H3. The van der Waals surface area contributed by atoms with Crippen LogP contribution >= 0.6 is 0 Å². The number of hydrogen-bond donors (Lipinski definition) is 2. The lowest BCUT2D eigenvalue weighted by atomic mass is 10.0. The molecule has 0 saturated heterocycles. The number of allylic oxidation sites excluding steroid dienone is 3. The number of nitrogens with one attached hydrogen (secondary N) is 2. The number of aryl methyl sites for hydroxylation is 1. The Hall–Kier alpha value is -3.26. The Morgan fingerprint density at radius 3 is 1.79 bits per heavy atom. The van der Waals surface area contributed by atoms with E-state index in [0.717, 1.165) is 23.5 Å². The van der Waals surface area contributed by atoms with Crippen molar-refractivity contribution < 1.29 is 0 Å². The van der Waals surface area contributed by atoms with Gasteiger partial charge in [-0.05, 0) is 79.3 Å². The van der Waals surface area contributed by atoms with E-state index in [4.69, 9.17) is 0 Å². The number of benzene rings is 3. The lowest BCUT2D eigenvalue weighted by Gasteiger charge is -2.10. The molecule has 0 fully saturated rings. The highest BCUT2D eigenvalue weighted by molar-refractivity contribution is 5.70. The molecule has 146 valence electrons. The SMILES string of the molecule is Cc1ccc(Nc2ccc(-c3ccc(NC4=CCCC(C)C=C4)cc3)cc2)cc1. The summed E-state index contributed by atoms with van der Waals surface area (Å²) < 4.78 is 0. The maximum atomic E-state index is 3.52. The van der Waals surface area contributed by atoms with Gasteiger partial charge in [0.05, 0.1) is 0 Å². The first-order chi connectivity index (χ1) is 14.2. The van der Waals surface area contributed by atoms with Crippen LogP contribution in [0.3, 0.4) is 0 Å². The molecule has 0 saturated carbocycles. The van der Waals surface area contributed by atoms with Crippen LogP contribution in [0.5, 0.6) is 0 Å². The van der Waals surface area contributed by atoms with Crippen LogP contribution in [0.1, 0.15) is 25.3 Å². The summed E-state index contributed by atoms with van der Waals surface area (Å²) in [6, 6.07) is 25.7. The van der Waals surface area contributed by atoms with Crippen molar-refractivity contribution in [2.24, 2.45) is 5.92 Å². The number of hydrogen-bond acceptors (Lipinski definition) is 2. The normalized spacial score (nSPS) is 16.1. The third-order valence-electron chi connectivity index (χ3n) is 5.32. The molecule has 4 rings (SSSR count). The van der Waals surface area contributed by atoms with E-state index >= 15 is 0 Å². The van der Waals surface area contributed by atoms with Crippen LogP contribution in [-0.4, -0.2) is 0 Å². The van der Waals surface area contributed by atoms with Crippen LogP contribution in [0.2, 0.25) is 0 Å². The van der Waals surface area contributed by atoms with Gasteiger partial charge in [0.1, 0.15) is 0 Å². The minimum absolute atomic E-state index is 0.649. The van der Waals surface area contributed by atoms with Gasteiger partial charge >= 0.3 is 0 Å². The Morgan fingerprint density at radius 1 is 0.690 bits per heavy atom. The van der Waals surface area contributed by atoms with E-state index in [1.165, 1.54) is 28.8 Å². The van der Waals surface area contributed by atoms with Crippen LogP contribution in [0, 0.1) is 12.8 Å². The topological polar surface area (TPSA) is 24.1 Å². The first kappa shape index (κ1) is 19.1. The van der Waals surface area contributed by atoms with E-state index < -0.39 is 0 Å². The first-order valence-electron chi connectivity index (χ1n) is 10.4. The summed E-state index contributed by atoms with van der Waals surface area (Å²) >= 11 is 0. The van der Waals surface area contributed by atoms with Crippen molar-refractivity contribution in [1.82, 2.24) is 0 Å².